The highest BCUT2D eigenvalue weighted by Gasteiger charge is 2.23. The third-order valence-corrected chi connectivity index (χ3v) is 3.60. The maximum Gasteiger partial charge on any atom is 0.155 e. The van der Waals surface area contributed by atoms with Crippen molar-refractivity contribution in [1.29, 1.82) is 0 Å². The SMILES string of the molecule is [N-]=C1C(=NS)C(Br)=C(Cl)C(F)=C1Br. The highest BCUT2D eigenvalue weighted by Crippen LogP contribution is 2.36. The van der Waals surface area contributed by atoms with Crippen molar-refractivity contribution in [2.75, 3.05) is 0 Å². The minimum atomic E-state index is -0.744. The summed E-state index contributed by atoms with van der Waals surface area (Å²) in [5.74, 6) is -0.744. The van der Waals surface area contributed by atoms with E-state index in [0.29, 0.717) is 0 Å². The van der Waals surface area contributed by atoms with Crippen molar-refractivity contribution in [3.05, 3.63) is 25.2 Å². The fourth-order valence-corrected chi connectivity index (χ4v) is 2.17. The monoisotopic (exact) mass is 345 g/mol. The third-order valence-electron chi connectivity index (χ3n) is 1.32. The van der Waals surface area contributed by atoms with Crippen molar-refractivity contribution in [1.82, 2.24) is 0 Å². The molecule has 0 spiro atoms. The van der Waals surface area contributed by atoms with Gasteiger partial charge < -0.3 is 5.41 Å². The molecule has 0 atom stereocenters. The molecular weight excluding hydrogens is 346 g/mol. The van der Waals surface area contributed by atoms with Gasteiger partial charge >= 0.3 is 0 Å². The molecule has 0 unspecified atom stereocenters. The topological polar surface area (TPSA) is 34.7 Å². The third kappa shape index (κ3) is 1.91. The number of allylic oxidation sites excluding steroid dienone is 4. The molecule has 0 saturated heterocycles. The predicted octanol–water partition coefficient (Wildman–Crippen LogP) is 3.72. The molecule has 2 nitrogen and oxygen atoms in total. The zero-order valence-electron chi connectivity index (χ0n) is 5.85. The van der Waals surface area contributed by atoms with Crippen LogP contribution in [0, 0.1) is 0 Å². The van der Waals surface area contributed by atoms with Gasteiger partial charge in [0.05, 0.1) is 15.2 Å². The Morgan fingerprint density at radius 1 is 1.38 bits per heavy atom. The van der Waals surface area contributed by atoms with Gasteiger partial charge in [0.2, 0.25) is 0 Å². The van der Waals surface area contributed by atoms with Crippen LogP contribution in [0.15, 0.2) is 24.2 Å². The van der Waals surface area contributed by atoms with Gasteiger partial charge in [0.1, 0.15) is 0 Å². The molecule has 0 aliphatic heterocycles. The molecule has 0 aromatic heterocycles. The fraction of sp³-hybridized carbons (Fsp3) is 0. The smallest absolute Gasteiger partial charge is 0.155 e. The maximum absolute atomic E-state index is 13.1. The lowest BCUT2D eigenvalue weighted by molar-refractivity contribution is 0.662. The number of hydrogen-bond donors (Lipinski definition) is 1. The molecule has 7 heteroatoms. The first-order valence-corrected chi connectivity index (χ1v) is 5.27. The molecule has 13 heavy (non-hydrogen) atoms. The van der Waals surface area contributed by atoms with E-state index in [-0.39, 0.29) is 25.4 Å². The van der Waals surface area contributed by atoms with E-state index in [1.165, 1.54) is 0 Å². The van der Waals surface area contributed by atoms with Crippen LogP contribution >= 0.6 is 56.3 Å². The van der Waals surface area contributed by atoms with E-state index >= 15 is 0 Å². The van der Waals surface area contributed by atoms with E-state index in [2.05, 4.69) is 49.1 Å². The molecule has 0 bridgehead atoms. The van der Waals surface area contributed by atoms with E-state index in [1.54, 1.807) is 0 Å². The molecule has 0 fully saturated rings. The average Bonchev–Trinajstić information content (AvgIpc) is 2.13. The van der Waals surface area contributed by atoms with Gasteiger partial charge in [0.25, 0.3) is 0 Å². The van der Waals surface area contributed by atoms with Crippen LogP contribution in [0.2, 0.25) is 0 Å². The summed E-state index contributed by atoms with van der Waals surface area (Å²) in [6.45, 7) is 0. The minimum Gasteiger partial charge on any atom is -0.801 e. The molecule has 1 aliphatic carbocycles. The van der Waals surface area contributed by atoms with E-state index in [9.17, 15) is 9.80 Å². The lowest BCUT2D eigenvalue weighted by Crippen LogP contribution is -2.18. The van der Waals surface area contributed by atoms with Gasteiger partial charge in [-0.2, -0.15) is 0 Å². The van der Waals surface area contributed by atoms with Crippen LogP contribution in [0.5, 0.6) is 0 Å². The van der Waals surface area contributed by atoms with Gasteiger partial charge in [-0.25, -0.2) is 8.79 Å². The number of nitrogens with zero attached hydrogens (tertiary/aromatic N) is 2. The second-order valence-corrected chi connectivity index (χ2v) is 4.22. The van der Waals surface area contributed by atoms with Crippen LogP contribution in [-0.2, 0) is 0 Å². The Balaban J connectivity index is 3.41. The number of thiol groups is 1. The van der Waals surface area contributed by atoms with E-state index in [0.717, 1.165) is 0 Å². The number of rotatable bonds is 0. The summed E-state index contributed by atoms with van der Waals surface area (Å²) in [7, 11) is 0. The van der Waals surface area contributed by atoms with Crippen molar-refractivity contribution >= 4 is 67.7 Å². The van der Waals surface area contributed by atoms with Crippen molar-refractivity contribution in [3.63, 3.8) is 0 Å². The highest BCUT2D eigenvalue weighted by molar-refractivity contribution is 9.12. The quantitative estimate of drug-likeness (QED) is 0.512. The summed E-state index contributed by atoms with van der Waals surface area (Å²) in [6, 6.07) is 0. The molecule has 1 rings (SSSR count). The van der Waals surface area contributed by atoms with Gasteiger partial charge in [-0.1, -0.05) is 11.6 Å². The first-order chi connectivity index (χ1) is 6.00. The zero-order chi connectivity index (χ0) is 10.2. The zero-order valence-corrected chi connectivity index (χ0v) is 10.7. The van der Waals surface area contributed by atoms with Crippen molar-refractivity contribution in [2.45, 2.75) is 0 Å². The molecule has 0 heterocycles. The van der Waals surface area contributed by atoms with E-state index < -0.39 is 5.83 Å². The Bertz CT molecular complexity index is 371. The van der Waals surface area contributed by atoms with Gasteiger partial charge in [-0.05, 0) is 44.7 Å². The largest absolute Gasteiger partial charge is 0.801 e. The van der Waals surface area contributed by atoms with Crippen LogP contribution in [0.4, 0.5) is 4.39 Å². The van der Waals surface area contributed by atoms with Gasteiger partial charge in [0.15, 0.2) is 5.83 Å². The minimum absolute atomic E-state index is 0.0848. The normalized spacial score (nSPS) is 21.9. The summed E-state index contributed by atoms with van der Waals surface area (Å²) in [4.78, 5) is 0. The first kappa shape index (κ1) is 11.4. The summed E-state index contributed by atoms with van der Waals surface area (Å²) in [5.41, 5.74) is -0.259. The molecule has 0 aromatic rings. The van der Waals surface area contributed by atoms with Crippen molar-refractivity contribution < 1.29 is 4.39 Å². The number of halogens is 4. The lowest BCUT2D eigenvalue weighted by Gasteiger charge is -2.20. The van der Waals surface area contributed by atoms with Crippen LogP contribution < -0.4 is 0 Å². The van der Waals surface area contributed by atoms with E-state index in [1.807, 2.05) is 0 Å². The fourth-order valence-electron chi connectivity index (χ4n) is 0.700. The Labute approximate surface area is 101 Å². The summed E-state index contributed by atoms with van der Waals surface area (Å²) < 4.78 is 16.6. The molecule has 0 amide bonds. The Morgan fingerprint density at radius 3 is 2.38 bits per heavy atom. The lowest BCUT2D eigenvalue weighted by atomic mass is 10.1. The standard InChI is InChI=1S/C6HBr2ClFN2S/c7-1-3(9)4(10)2(8)5(11)6(1)12-13/h13H/q-1. The van der Waals surface area contributed by atoms with E-state index in [4.69, 9.17) is 11.6 Å². The second-order valence-electron chi connectivity index (χ2n) is 2.05. The summed E-state index contributed by atoms with van der Waals surface area (Å²) in [5, 5.41) is 9.21. The van der Waals surface area contributed by atoms with Crippen LogP contribution in [-0.4, -0.2) is 11.4 Å². The Kier molecular flexibility index (Phi) is 3.73. The van der Waals surface area contributed by atoms with Crippen molar-refractivity contribution in [3.8, 4) is 0 Å². The summed E-state index contributed by atoms with van der Waals surface area (Å²) in [6.07, 6.45) is 0. The number of hydrogen-bond acceptors (Lipinski definition) is 2. The average molecular weight is 347 g/mol. The Hall–Kier alpha value is 0.350. The molecule has 0 saturated carbocycles. The molecule has 0 N–H and O–H groups in total. The predicted molar refractivity (Wildman–Crippen MR) is 63.7 cm³/mol. The summed E-state index contributed by atoms with van der Waals surface area (Å²) >= 11 is 15.0. The van der Waals surface area contributed by atoms with Crippen LogP contribution in [0.25, 0.3) is 5.41 Å². The van der Waals surface area contributed by atoms with Gasteiger partial charge in [-0.15, -0.1) is 5.71 Å². The molecule has 0 radical (unpaired) electrons. The highest BCUT2D eigenvalue weighted by atomic mass is 79.9. The molecule has 70 valence electrons. The van der Waals surface area contributed by atoms with Gasteiger partial charge in [0, 0.05) is 4.48 Å². The first-order valence-electron chi connectivity index (χ1n) is 2.90. The molecule has 0 aromatic carbocycles. The molecule has 1 aliphatic rings. The van der Waals surface area contributed by atoms with Crippen LogP contribution in [0.1, 0.15) is 0 Å². The van der Waals surface area contributed by atoms with Crippen molar-refractivity contribution in [2.24, 2.45) is 4.40 Å². The molecular formula is C6HBr2ClFN2S-. The van der Waals surface area contributed by atoms with Crippen LogP contribution in [0.3, 0.4) is 0 Å². The second kappa shape index (κ2) is 4.25. The maximum atomic E-state index is 13.1. The Morgan fingerprint density at radius 2 is 1.92 bits per heavy atom. The van der Waals surface area contributed by atoms with Gasteiger partial charge in [-0.3, -0.25) is 0 Å².